The fourth-order valence-electron chi connectivity index (χ4n) is 2.89. The second-order valence-electron chi connectivity index (χ2n) is 5.67. The van der Waals surface area contributed by atoms with Crippen LogP contribution in [0.4, 0.5) is 0 Å². The lowest BCUT2D eigenvalue weighted by molar-refractivity contribution is 0.276. The van der Waals surface area contributed by atoms with Crippen LogP contribution >= 0.6 is 0 Å². The van der Waals surface area contributed by atoms with Gasteiger partial charge in [0, 0.05) is 6.20 Å². The SMILES string of the molecule is OCc1cccc(OCc2ccn(C3CCCCC3)n2)c1. The molecule has 112 valence electrons. The highest BCUT2D eigenvalue weighted by Gasteiger charge is 2.16. The number of aliphatic hydroxyl groups is 1. The molecule has 1 N–H and O–H groups in total. The first-order valence-electron chi connectivity index (χ1n) is 7.72. The van der Waals surface area contributed by atoms with Crippen molar-refractivity contribution in [1.29, 1.82) is 0 Å². The summed E-state index contributed by atoms with van der Waals surface area (Å²) < 4.78 is 7.85. The topological polar surface area (TPSA) is 47.3 Å². The number of nitrogens with zero attached hydrogens (tertiary/aromatic N) is 2. The Labute approximate surface area is 125 Å². The van der Waals surface area contributed by atoms with Crippen molar-refractivity contribution in [3.8, 4) is 5.75 Å². The quantitative estimate of drug-likeness (QED) is 0.915. The average molecular weight is 286 g/mol. The van der Waals surface area contributed by atoms with Crippen LogP contribution in [-0.2, 0) is 13.2 Å². The van der Waals surface area contributed by atoms with E-state index in [-0.39, 0.29) is 6.61 Å². The maximum absolute atomic E-state index is 9.12. The predicted octanol–water partition coefficient (Wildman–Crippen LogP) is 3.46. The first-order valence-corrected chi connectivity index (χ1v) is 7.72. The highest BCUT2D eigenvalue weighted by atomic mass is 16.5. The smallest absolute Gasteiger partial charge is 0.132 e. The number of ether oxygens (including phenoxy) is 1. The number of rotatable bonds is 5. The highest BCUT2D eigenvalue weighted by Crippen LogP contribution is 2.27. The molecule has 0 spiro atoms. The zero-order valence-corrected chi connectivity index (χ0v) is 12.2. The fourth-order valence-corrected chi connectivity index (χ4v) is 2.89. The van der Waals surface area contributed by atoms with Gasteiger partial charge in [0.05, 0.1) is 18.3 Å². The summed E-state index contributed by atoms with van der Waals surface area (Å²) in [6.45, 7) is 0.502. The van der Waals surface area contributed by atoms with E-state index in [9.17, 15) is 0 Å². The van der Waals surface area contributed by atoms with Crippen molar-refractivity contribution < 1.29 is 9.84 Å². The van der Waals surface area contributed by atoms with Crippen molar-refractivity contribution in [2.45, 2.75) is 51.4 Å². The normalized spacial score (nSPS) is 16.0. The molecule has 1 aromatic heterocycles. The molecule has 0 atom stereocenters. The van der Waals surface area contributed by atoms with Crippen molar-refractivity contribution in [3.05, 3.63) is 47.8 Å². The van der Waals surface area contributed by atoms with Gasteiger partial charge in [0.25, 0.3) is 0 Å². The van der Waals surface area contributed by atoms with Crippen LogP contribution in [0.3, 0.4) is 0 Å². The minimum atomic E-state index is 0.0352. The summed E-state index contributed by atoms with van der Waals surface area (Å²) >= 11 is 0. The molecule has 0 saturated heterocycles. The van der Waals surface area contributed by atoms with E-state index < -0.39 is 0 Å². The van der Waals surface area contributed by atoms with Crippen molar-refractivity contribution in [2.24, 2.45) is 0 Å². The first-order chi connectivity index (χ1) is 10.3. The van der Waals surface area contributed by atoms with Gasteiger partial charge in [-0.2, -0.15) is 5.10 Å². The van der Waals surface area contributed by atoms with Crippen molar-refractivity contribution in [1.82, 2.24) is 9.78 Å². The van der Waals surface area contributed by atoms with Gasteiger partial charge in [-0.05, 0) is 36.6 Å². The monoisotopic (exact) mass is 286 g/mol. The number of hydrogen-bond acceptors (Lipinski definition) is 3. The Bertz CT molecular complexity index is 574. The Hall–Kier alpha value is -1.81. The molecule has 1 saturated carbocycles. The molecule has 3 rings (SSSR count). The minimum Gasteiger partial charge on any atom is -0.487 e. The molecule has 1 aliphatic carbocycles. The van der Waals surface area contributed by atoms with Gasteiger partial charge in [0.2, 0.25) is 0 Å². The third kappa shape index (κ3) is 3.64. The Balaban J connectivity index is 1.59. The van der Waals surface area contributed by atoms with E-state index in [4.69, 9.17) is 9.84 Å². The number of aromatic nitrogens is 2. The largest absolute Gasteiger partial charge is 0.487 e. The molecule has 0 bridgehead atoms. The summed E-state index contributed by atoms with van der Waals surface area (Å²) in [5.41, 5.74) is 1.82. The number of benzene rings is 1. The molecule has 0 aliphatic heterocycles. The molecule has 2 aromatic rings. The van der Waals surface area contributed by atoms with Gasteiger partial charge < -0.3 is 9.84 Å². The minimum absolute atomic E-state index is 0.0352. The second kappa shape index (κ2) is 6.76. The van der Waals surface area contributed by atoms with Crippen LogP contribution in [0.2, 0.25) is 0 Å². The summed E-state index contributed by atoms with van der Waals surface area (Å²) in [6, 6.07) is 10.1. The van der Waals surface area contributed by atoms with E-state index in [0.717, 1.165) is 17.0 Å². The van der Waals surface area contributed by atoms with Crippen LogP contribution in [0.15, 0.2) is 36.5 Å². The van der Waals surface area contributed by atoms with Gasteiger partial charge in [0.1, 0.15) is 12.4 Å². The summed E-state index contributed by atoms with van der Waals surface area (Å²) in [5, 5.41) is 13.8. The van der Waals surface area contributed by atoms with E-state index in [1.54, 1.807) is 0 Å². The maximum atomic E-state index is 9.12. The summed E-state index contributed by atoms with van der Waals surface area (Å²) in [7, 11) is 0. The molecule has 0 amide bonds. The molecule has 0 radical (unpaired) electrons. The van der Waals surface area contributed by atoms with Crippen LogP contribution in [0.5, 0.6) is 5.75 Å². The third-order valence-electron chi connectivity index (χ3n) is 4.08. The van der Waals surface area contributed by atoms with Crippen molar-refractivity contribution in [3.63, 3.8) is 0 Å². The van der Waals surface area contributed by atoms with Gasteiger partial charge >= 0.3 is 0 Å². The Morgan fingerprint density at radius 2 is 2.05 bits per heavy atom. The zero-order valence-electron chi connectivity index (χ0n) is 12.2. The van der Waals surface area contributed by atoms with Gasteiger partial charge in [-0.25, -0.2) is 0 Å². The predicted molar refractivity (Wildman–Crippen MR) is 81.0 cm³/mol. The van der Waals surface area contributed by atoms with Gasteiger partial charge in [0.15, 0.2) is 0 Å². The standard InChI is InChI=1S/C17H22N2O2/c20-12-14-5-4-8-17(11-14)21-13-15-9-10-19(18-15)16-6-2-1-3-7-16/h4-5,8-11,16,20H,1-3,6-7,12-13H2. The molecule has 4 nitrogen and oxygen atoms in total. The van der Waals surface area contributed by atoms with E-state index in [1.165, 1.54) is 32.1 Å². The molecular weight excluding hydrogens is 264 g/mol. The van der Waals surface area contributed by atoms with E-state index >= 15 is 0 Å². The van der Waals surface area contributed by atoms with Crippen LogP contribution in [0.1, 0.15) is 49.4 Å². The molecular formula is C17H22N2O2. The molecule has 1 heterocycles. The fraction of sp³-hybridized carbons (Fsp3) is 0.471. The van der Waals surface area contributed by atoms with Gasteiger partial charge in [-0.3, -0.25) is 4.68 Å². The summed E-state index contributed by atoms with van der Waals surface area (Å²) in [6.07, 6.45) is 8.52. The Kier molecular flexibility index (Phi) is 4.55. The lowest BCUT2D eigenvalue weighted by Gasteiger charge is -2.21. The van der Waals surface area contributed by atoms with Crippen molar-refractivity contribution in [2.75, 3.05) is 0 Å². The average Bonchev–Trinajstić information content (AvgIpc) is 3.03. The lowest BCUT2D eigenvalue weighted by atomic mass is 9.96. The van der Waals surface area contributed by atoms with E-state index in [2.05, 4.69) is 16.0 Å². The van der Waals surface area contributed by atoms with E-state index in [1.807, 2.05) is 30.3 Å². The van der Waals surface area contributed by atoms with Crippen LogP contribution in [0.25, 0.3) is 0 Å². The molecule has 4 heteroatoms. The van der Waals surface area contributed by atoms with Crippen molar-refractivity contribution >= 4 is 0 Å². The summed E-state index contributed by atoms with van der Waals surface area (Å²) in [5.74, 6) is 0.772. The summed E-state index contributed by atoms with van der Waals surface area (Å²) in [4.78, 5) is 0. The highest BCUT2D eigenvalue weighted by molar-refractivity contribution is 5.28. The van der Waals surface area contributed by atoms with Gasteiger partial charge in [-0.1, -0.05) is 31.4 Å². The Morgan fingerprint density at radius 3 is 2.86 bits per heavy atom. The number of hydrogen-bond donors (Lipinski definition) is 1. The zero-order chi connectivity index (χ0) is 14.5. The molecule has 1 fully saturated rings. The molecule has 21 heavy (non-hydrogen) atoms. The second-order valence-corrected chi connectivity index (χ2v) is 5.67. The van der Waals surface area contributed by atoms with Crippen LogP contribution in [0, 0.1) is 0 Å². The van der Waals surface area contributed by atoms with Crippen LogP contribution in [-0.4, -0.2) is 14.9 Å². The van der Waals surface area contributed by atoms with E-state index in [0.29, 0.717) is 12.6 Å². The van der Waals surface area contributed by atoms with Crippen LogP contribution < -0.4 is 4.74 Å². The van der Waals surface area contributed by atoms with Gasteiger partial charge in [-0.15, -0.1) is 0 Å². The lowest BCUT2D eigenvalue weighted by Crippen LogP contribution is -2.13. The Morgan fingerprint density at radius 1 is 1.19 bits per heavy atom. The third-order valence-corrected chi connectivity index (χ3v) is 4.08. The first kappa shape index (κ1) is 14.1. The number of aliphatic hydroxyl groups excluding tert-OH is 1. The molecule has 1 aliphatic rings. The molecule has 1 aromatic carbocycles. The molecule has 0 unspecified atom stereocenters. The maximum Gasteiger partial charge on any atom is 0.132 e.